The molecule has 26 heavy (non-hydrogen) atoms. The van der Waals surface area contributed by atoms with Gasteiger partial charge in [0.1, 0.15) is 12.4 Å². The first kappa shape index (κ1) is 20.4. The minimum absolute atomic E-state index is 0.0436. The summed E-state index contributed by atoms with van der Waals surface area (Å²) in [7, 11) is -5.73. The zero-order valence-electron chi connectivity index (χ0n) is 14.5. The molecule has 2 rings (SSSR count). The zero-order valence-corrected chi connectivity index (χ0v) is 16.1. The molecule has 0 aliphatic rings. The minimum Gasteiger partial charge on any atom is -0.491 e. The molecule has 0 saturated carbocycles. The minimum atomic E-state index is -3.83. The molecule has 1 N–H and O–H groups in total. The first-order valence-corrected chi connectivity index (χ1v) is 11.1. The van der Waals surface area contributed by atoms with Gasteiger partial charge in [0.2, 0.25) is 10.0 Å². The van der Waals surface area contributed by atoms with Gasteiger partial charge in [-0.3, -0.25) is 0 Å². The van der Waals surface area contributed by atoms with Crippen molar-refractivity contribution in [3.05, 3.63) is 54.1 Å². The molecule has 0 unspecified atom stereocenters. The van der Waals surface area contributed by atoms with Crippen molar-refractivity contribution < 1.29 is 26.3 Å². The van der Waals surface area contributed by atoms with Crippen LogP contribution in [-0.4, -0.2) is 43.4 Å². The summed E-state index contributed by atoms with van der Waals surface area (Å²) in [6, 6.07) is 12.2. The molecule has 0 radical (unpaired) electrons. The molecule has 0 aromatic heterocycles. The Balaban J connectivity index is 2.04. The molecule has 0 aliphatic carbocycles. The summed E-state index contributed by atoms with van der Waals surface area (Å²) < 4.78 is 60.7. The first-order valence-electron chi connectivity index (χ1n) is 7.73. The van der Waals surface area contributed by atoms with Crippen LogP contribution in [0.2, 0.25) is 0 Å². The maximum absolute atomic E-state index is 12.4. The van der Waals surface area contributed by atoms with Crippen molar-refractivity contribution in [3.63, 3.8) is 0 Å². The van der Waals surface area contributed by atoms with Crippen molar-refractivity contribution in [1.82, 2.24) is 4.72 Å². The molecule has 0 atom stereocenters. The molecule has 0 amide bonds. The molecule has 2 aromatic carbocycles. The Bertz CT molecular complexity index is 937. The maximum Gasteiger partial charge on any atom is 0.240 e. The van der Waals surface area contributed by atoms with Gasteiger partial charge in [-0.15, -0.1) is 0 Å². The van der Waals surface area contributed by atoms with Gasteiger partial charge in [-0.2, -0.15) is 0 Å². The third kappa shape index (κ3) is 5.80. The van der Waals surface area contributed by atoms with Crippen LogP contribution < -0.4 is 9.46 Å². The second kappa shape index (κ2) is 8.63. The lowest BCUT2D eigenvalue weighted by Crippen LogP contribution is -2.23. The van der Waals surface area contributed by atoms with Crippen LogP contribution in [-0.2, 0) is 31.1 Å². The molecule has 142 valence electrons. The molecule has 0 saturated heterocycles. The van der Waals surface area contributed by atoms with Gasteiger partial charge in [0, 0.05) is 19.9 Å². The van der Waals surface area contributed by atoms with Crippen LogP contribution in [0.3, 0.4) is 0 Å². The van der Waals surface area contributed by atoms with E-state index in [9.17, 15) is 16.8 Å². The van der Waals surface area contributed by atoms with Crippen molar-refractivity contribution in [2.24, 2.45) is 0 Å². The van der Waals surface area contributed by atoms with E-state index in [1.165, 1.54) is 18.2 Å². The van der Waals surface area contributed by atoms with Crippen LogP contribution in [0.25, 0.3) is 0 Å². The molecule has 0 bridgehead atoms. The normalized spacial score (nSPS) is 12.1. The van der Waals surface area contributed by atoms with E-state index >= 15 is 0 Å². The third-order valence-corrected chi connectivity index (χ3v) is 6.00. The van der Waals surface area contributed by atoms with Crippen molar-refractivity contribution in [2.75, 3.05) is 26.6 Å². The van der Waals surface area contributed by atoms with Gasteiger partial charge in [0.25, 0.3) is 0 Å². The van der Waals surface area contributed by atoms with E-state index < -0.39 is 19.9 Å². The smallest absolute Gasteiger partial charge is 0.240 e. The fourth-order valence-corrected chi connectivity index (χ4v) is 3.88. The van der Waals surface area contributed by atoms with E-state index in [0.29, 0.717) is 19.0 Å². The molecular weight excluding hydrogens is 378 g/mol. The summed E-state index contributed by atoms with van der Waals surface area (Å²) in [5.41, 5.74) is 0.743. The molecule has 0 heterocycles. The average molecular weight is 399 g/mol. The van der Waals surface area contributed by atoms with Gasteiger partial charge in [0.15, 0.2) is 9.84 Å². The largest absolute Gasteiger partial charge is 0.491 e. The Hall–Kier alpha value is -1.94. The van der Waals surface area contributed by atoms with Crippen LogP contribution in [0.5, 0.6) is 5.75 Å². The fraction of sp³-hybridized carbons (Fsp3) is 0.294. The Labute approximate surface area is 153 Å². The first-order chi connectivity index (χ1) is 12.2. The predicted octanol–water partition coefficient (Wildman–Crippen LogP) is 1.59. The molecular formula is C17H21NO6S2. The number of rotatable bonds is 9. The third-order valence-electron chi connectivity index (χ3n) is 3.49. The van der Waals surface area contributed by atoms with Crippen molar-refractivity contribution in [3.8, 4) is 5.75 Å². The van der Waals surface area contributed by atoms with Crippen LogP contribution in [0, 0.1) is 0 Å². The quantitative estimate of drug-likeness (QED) is 0.643. The number of hydrogen-bond acceptors (Lipinski definition) is 6. The lowest BCUT2D eigenvalue weighted by molar-refractivity contribution is 0.146. The summed E-state index contributed by atoms with van der Waals surface area (Å²) in [5, 5.41) is 0. The summed E-state index contributed by atoms with van der Waals surface area (Å²) >= 11 is 0. The second-order valence-corrected chi connectivity index (χ2v) is 9.34. The van der Waals surface area contributed by atoms with E-state index in [1.54, 1.807) is 31.4 Å². The summed E-state index contributed by atoms with van der Waals surface area (Å²) in [4.78, 5) is -0.141. The Kier molecular flexibility index (Phi) is 6.76. The standard InChI is InChI=1S/C17H21NO6S2/c1-23-10-11-24-15-8-6-14(7-9-15)13-18-26(21,22)17-5-3-4-16(12-17)25(2,19)20/h3-9,12,18H,10-11,13H2,1-2H3. The zero-order chi connectivity index (χ0) is 19.2. The number of sulfone groups is 1. The van der Waals surface area contributed by atoms with Crippen molar-refractivity contribution in [1.29, 1.82) is 0 Å². The van der Waals surface area contributed by atoms with Crippen molar-refractivity contribution in [2.45, 2.75) is 16.3 Å². The maximum atomic E-state index is 12.4. The lowest BCUT2D eigenvalue weighted by atomic mass is 10.2. The molecule has 9 heteroatoms. The number of nitrogens with one attached hydrogen (secondary N) is 1. The highest BCUT2D eigenvalue weighted by Crippen LogP contribution is 2.17. The molecule has 7 nitrogen and oxygen atoms in total. The second-order valence-electron chi connectivity index (χ2n) is 5.56. The summed E-state index contributed by atoms with van der Waals surface area (Å²) in [5.74, 6) is 0.662. The Morgan fingerprint density at radius 2 is 1.58 bits per heavy atom. The molecule has 0 fully saturated rings. The summed E-state index contributed by atoms with van der Waals surface area (Å²) in [6.07, 6.45) is 1.03. The van der Waals surface area contributed by atoms with E-state index in [4.69, 9.17) is 9.47 Å². The number of ether oxygens (including phenoxy) is 2. The van der Waals surface area contributed by atoms with Gasteiger partial charge >= 0.3 is 0 Å². The van der Waals surface area contributed by atoms with Gasteiger partial charge < -0.3 is 9.47 Å². The van der Waals surface area contributed by atoms with Gasteiger partial charge in [-0.1, -0.05) is 18.2 Å². The molecule has 2 aromatic rings. The SMILES string of the molecule is COCCOc1ccc(CNS(=O)(=O)c2cccc(S(C)(=O)=O)c2)cc1. The van der Waals surface area contributed by atoms with E-state index in [0.717, 1.165) is 17.9 Å². The Morgan fingerprint density at radius 1 is 0.923 bits per heavy atom. The highest BCUT2D eigenvalue weighted by atomic mass is 32.2. The fourth-order valence-electron chi connectivity index (χ4n) is 2.08. The van der Waals surface area contributed by atoms with Crippen LogP contribution in [0.4, 0.5) is 0 Å². The lowest BCUT2D eigenvalue weighted by Gasteiger charge is -2.09. The topological polar surface area (TPSA) is 98.8 Å². The number of benzene rings is 2. The summed E-state index contributed by atoms with van der Waals surface area (Å²) in [6.45, 7) is 0.983. The number of hydrogen-bond donors (Lipinski definition) is 1. The van der Waals surface area contributed by atoms with Crippen LogP contribution >= 0.6 is 0 Å². The van der Waals surface area contributed by atoms with Crippen LogP contribution in [0.15, 0.2) is 58.3 Å². The molecule has 0 spiro atoms. The highest BCUT2D eigenvalue weighted by molar-refractivity contribution is 7.91. The monoisotopic (exact) mass is 399 g/mol. The molecule has 0 aliphatic heterocycles. The average Bonchev–Trinajstić information content (AvgIpc) is 2.61. The van der Waals surface area contributed by atoms with Crippen LogP contribution in [0.1, 0.15) is 5.56 Å². The number of methoxy groups -OCH3 is 1. The highest BCUT2D eigenvalue weighted by Gasteiger charge is 2.17. The van der Waals surface area contributed by atoms with E-state index in [-0.39, 0.29) is 16.3 Å². The van der Waals surface area contributed by atoms with E-state index in [1.807, 2.05) is 0 Å². The van der Waals surface area contributed by atoms with Crippen molar-refractivity contribution >= 4 is 19.9 Å². The van der Waals surface area contributed by atoms with E-state index in [2.05, 4.69) is 4.72 Å². The Morgan fingerprint density at radius 3 is 2.19 bits per heavy atom. The number of sulfonamides is 1. The van der Waals surface area contributed by atoms with Gasteiger partial charge in [0.05, 0.1) is 16.4 Å². The predicted molar refractivity (Wildman–Crippen MR) is 97.4 cm³/mol. The van der Waals surface area contributed by atoms with Gasteiger partial charge in [-0.05, 0) is 35.9 Å². The van der Waals surface area contributed by atoms with Gasteiger partial charge in [-0.25, -0.2) is 21.6 Å².